The molecule has 1 aliphatic rings. The molecule has 1 aromatic rings. The second-order valence-electron chi connectivity index (χ2n) is 5.64. The van der Waals surface area contributed by atoms with Gasteiger partial charge in [0.1, 0.15) is 5.82 Å². The normalized spacial score (nSPS) is 15.3. The van der Waals surface area contributed by atoms with Crippen LogP contribution in [0.2, 0.25) is 0 Å². The molecule has 0 spiro atoms. The summed E-state index contributed by atoms with van der Waals surface area (Å²) >= 11 is 0. The molecule has 122 valence electrons. The van der Waals surface area contributed by atoms with Gasteiger partial charge in [0, 0.05) is 26.3 Å². The summed E-state index contributed by atoms with van der Waals surface area (Å²) in [6.07, 6.45) is 8.50. The molecule has 3 N–H and O–H groups in total. The summed E-state index contributed by atoms with van der Waals surface area (Å²) in [4.78, 5) is 16.2. The van der Waals surface area contributed by atoms with Crippen LogP contribution in [-0.4, -0.2) is 37.3 Å². The second kappa shape index (κ2) is 9.25. The van der Waals surface area contributed by atoms with Gasteiger partial charge in [0.25, 0.3) is 0 Å². The van der Waals surface area contributed by atoms with Gasteiger partial charge in [-0.3, -0.25) is 5.32 Å². The zero-order valence-electron chi connectivity index (χ0n) is 13.2. The van der Waals surface area contributed by atoms with E-state index in [1.807, 2.05) is 6.07 Å². The lowest BCUT2D eigenvalue weighted by molar-refractivity contribution is 0.198. The highest BCUT2D eigenvalue weighted by molar-refractivity contribution is 5.88. The Morgan fingerprint density at radius 2 is 2.14 bits per heavy atom. The molecule has 6 nitrogen and oxygen atoms in total. The van der Waals surface area contributed by atoms with Crippen LogP contribution in [0.1, 0.15) is 38.5 Å². The summed E-state index contributed by atoms with van der Waals surface area (Å²) in [7, 11) is 1.69. The maximum absolute atomic E-state index is 11.9. The Balaban J connectivity index is 1.71. The molecule has 0 bridgehead atoms. The zero-order valence-corrected chi connectivity index (χ0v) is 13.2. The van der Waals surface area contributed by atoms with E-state index in [-0.39, 0.29) is 6.03 Å². The summed E-state index contributed by atoms with van der Waals surface area (Å²) in [6, 6.07) is 3.85. The van der Waals surface area contributed by atoms with Crippen molar-refractivity contribution < 1.29 is 9.53 Å². The Bertz CT molecular complexity index is 444. The highest BCUT2D eigenvalue weighted by Crippen LogP contribution is 2.17. The fraction of sp³-hybridized carbons (Fsp3) is 0.625. The molecule has 0 atom stereocenters. The Morgan fingerprint density at radius 3 is 2.82 bits per heavy atom. The number of amides is 2. The molecule has 0 aliphatic heterocycles. The number of carbonyl (C=O) groups is 1. The Morgan fingerprint density at radius 1 is 1.32 bits per heavy atom. The van der Waals surface area contributed by atoms with Crippen LogP contribution in [0.25, 0.3) is 0 Å². The van der Waals surface area contributed by atoms with Crippen molar-refractivity contribution in [2.24, 2.45) is 0 Å². The van der Waals surface area contributed by atoms with Crippen molar-refractivity contribution in [3.8, 4) is 0 Å². The van der Waals surface area contributed by atoms with Gasteiger partial charge in [0.2, 0.25) is 0 Å². The lowest BCUT2D eigenvalue weighted by Crippen LogP contribution is -2.39. The molecule has 1 aliphatic carbocycles. The maximum atomic E-state index is 11.9. The zero-order chi connectivity index (χ0) is 15.6. The number of rotatable bonds is 7. The van der Waals surface area contributed by atoms with Gasteiger partial charge in [-0.25, -0.2) is 9.78 Å². The number of hydrogen-bond acceptors (Lipinski definition) is 4. The van der Waals surface area contributed by atoms with Crippen LogP contribution in [-0.2, 0) is 4.74 Å². The van der Waals surface area contributed by atoms with Crippen LogP contribution < -0.4 is 16.0 Å². The molecule has 0 aromatic carbocycles. The predicted molar refractivity (Wildman–Crippen MR) is 88.2 cm³/mol. The van der Waals surface area contributed by atoms with Crippen molar-refractivity contribution in [1.82, 2.24) is 10.3 Å². The third kappa shape index (κ3) is 5.89. The largest absolute Gasteiger partial charge is 0.385 e. The van der Waals surface area contributed by atoms with Gasteiger partial charge in [-0.1, -0.05) is 19.3 Å². The third-order valence-corrected chi connectivity index (χ3v) is 3.80. The Hall–Kier alpha value is -1.82. The van der Waals surface area contributed by atoms with E-state index in [9.17, 15) is 4.79 Å². The monoisotopic (exact) mass is 306 g/mol. The number of carbonyl (C=O) groups excluding carboxylic acids is 1. The minimum atomic E-state index is -0.166. The first kappa shape index (κ1) is 16.5. The van der Waals surface area contributed by atoms with E-state index in [1.54, 1.807) is 19.4 Å². The Labute approximate surface area is 132 Å². The summed E-state index contributed by atoms with van der Waals surface area (Å²) in [5.74, 6) is 0.566. The van der Waals surface area contributed by atoms with E-state index in [2.05, 4.69) is 20.9 Å². The van der Waals surface area contributed by atoms with E-state index >= 15 is 0 Å². The van der Waals surface area contributed by atoms with Crippen molar-refractivity contribution in [3.63, 3.8) is 0 Å². The van der Waals surface area contributed by atoms with Crippen LogP contribution in [0.4, 0.5) is 16.3 Å². The number of pyridine rings is 1. The molecule has 2 rings (SSSR count). The molecule has 2 amide bonds. The SMILES string of the molecule is COCCCNc1ccc(NC(=O)NC2CCCCC2)nc1. The van der Waals surface area contributed by atoms with Gasteiger partial charge in [-0.15, -0.1) is 0 Å². The predicted octanol–water partition coefficient (Wildman–Crippen LogP) is 2.98. The average Bonchev–Trinajstić information content (AvgIpc) is 2.54. The minimum absolute atomic E-state index is 0.166. The van der Waals surface area contributed by atoms with Gasteiger partial charge >= 0.3 is 6.03 Å². The molecule has 0 radical (unpaired) electrons. The van der Waals surface area contributed by atoms with Gasteiger partial charge in [0.15, 0.2) is 0 Å². The van der Waals surface area contributed by atoms with Crippen molar-refractivity contribution in [3.05, 3.63) is 18.3 Å². The third-order valence-electron chi connectivity index (χ3n) is 3.80. The van der Waals surface area contributed by atoms with Gasteiger partial charge in [-0.2, -0.15) is 0 Å². The molecule has 1 heterocycles. The van der Waals surface area contributed by atoms with Crippen LogP contribution in [0, 0.1) is 0 Å². The van der Waals surface area contributed by atoms with Gasteiger partial charge in [0.05, 0.1) is 11.9 Å². The molecular weight excluding hydrogens is 280 g/mol. The molecule has 6 heteroatoms. The van der Waals surface area contributed by atoms with E-state index in [0.29, 0.717) is 11.9 Å². The van der Waals surface area contributed by atoms with Crippen molar-refractivity contribution in [2.75, 3.05) is 30.9 Å². The average molecular weight is 306 g/mol. The highest BCUT2D eigenvalue weighted by Gasteiger charge is 2.15. The van der Waals surface area contributed by atoms with E-state index in [4.69, 9.17) is 4.74 Å². The highest BCUT2D eigenvalue weighted by atomic mass is 16.5. The van der Waals surface area contributed by atoms with E-state index < -0.39 is 0 Å². The molecule has 1 fully saturated rings. The minimum Gasteiger partial charge on any atom is -0.385 e. The number of nitrogens with zero attached hydrogens (tertiary/aromatic N) is 1. The number of hydrogen-bond donors (Lipinski definition) is 3. The number of methoxy groups -OCH3 is 1. The van der Waals surface area contributed by atoms with Crippen LogP contribution in [0.5, 0.6) is 0 Å². The van der Waals surface area contributed by atoms with Crippen molar-refractivity contribution in [2.45, 2.75) is 44.6 Å². The van der Waals surface area contributed by atoms with Crippen LogP contribution in [0.3, 0.4) is 0 Å². The molecule has 0 saturated heterocycles. The van der Waals surface area contributed by atoms with Gasteiger partial charge in [-0.05, 0) is 31.4 Å². The van der Waals surface area contributed by atoms with Gasteiger partial charge < -0.3 is 15.4 Å². The Kier molecular flexibility index (Phi) is 6.96. The summed E-state index contributed by atoms with van der Waals surface area (Å²) in [6.45, 7) is 1.58. The number of nitrogens with one attached hydrogen (secondary N) is 3. The topological polar surface area (TPSA) is 75.3 Å². The number of urea groups is 1. The number of aromatic nitrogens is 1. The first-order valence-electron chi connectivity index (χ1n) is 8.04. The summed E-state index contributed by atoms with van der Waals surface area (Å²) < 4.78 is 4.99. The maximum Gasteiger partial charge on any atom is 0.320 e. The van der Waals surface area contributed by atoms with Crippen LogP contribution in [0.15, 0.2) is 18.3 Å². The first-order valence-corrected chi connectivity index (χ1v) is 8.04. The summed E-state index contributed by atoms with van der Waals surface area (Å²) in [5.41, 5.74) is 0.939. The molecule has 1 saturated carbocycles. The summed E-state index contributed by atoms with van der Waals surface area (Å²) in [5, 5.41) is 9.05. The quantitative estimate of drug-likeness (QED) is 0.677. The molecule has 0 unspecified atom stereocenters. The fourth-order valence-corrected chi connectivity index (χ4v) is 2.61. The molecular formula is C16H26N4O2. The molecule has 22 heavy (non-hydrogen) atoms. The van der Waals surface area contributed by atoms with Crippen molar-refractivity contribution in [1.29, 1.82) is 0 Å². The molecule has 1 aromatic heterocycles. The van der Waals surface area contributed by atoms with E-state index in [1.165, 1.54) is 19.3 Å². The smallest absolute Gasteiger partial charge is 0.320 e. The van der Waals surface area contributed by atoms with Crippen LogP contribution >= 0.6 is 0 Å². The first-order chi connectivity index (χ1) is 10.8. The lowest BCUT2D eigenvalue weighted by atomic mass is 9.96. The number of ether oxygens (including phenoxy) is 1. The fourth-order valence-electron chi connectivity index (χ4n) is 2.61. The second-order valence-corrected chi connectivity index (χ2v) is 5.64. The van der Waals surface area contributed by atoms with E-state index in [0.717, 1.165) is 38.1 Å². The number of anilines is 2. The lowest BCUT2D eigenvalue weighted by Gasteiger charge is -2.22. The van der Waals surface area contributed by atoms with Crippen molar-refractivity contribution >= 4 is 17.5 Å². The standard InChI is InChI=1S/C16H26N4O2/c1-22-11-5-10-17-14-8-9-15(18-12-14)20-16(21)19-13-6-3-2-4-7-13/h8-9,12-13,17H,2-7,10-11H2,1H3,(H2,18,19,20,21).